The van der Waals surface area contributed by atoms with Gasteiger partial charge in [0.15, 0.2) is 0 Å². The minimum Gasteiger partial charge on any atom is -0.497 e. The molecule has 1 N–H and O–H groups in total. The number of rotatable bonds is 5. The topological polar surface area (TPSA) is 57.7 Å². The largest absolute Gasteiger partial charge is 0.497 e. The van der Waals surface area contributed by atoms with Gasteiger partial charge in [0.1, 0.15) is 5.75 Å². The first-order valence-electron chi connectivity index (χ1n) is 8.74. The molecule has 152 valence electrons. The van der Waals surface area contributed by atoms with Gasteiger partial charge < -0.3 is 15.0 Å². The summed E-state index contributed by atoms with van der Waals surface area (Å²) in [6.45, 7) is 2.91. The fourth-order valence-electron chi connectivity index (χ4n) is 3.20. The van der Waals surface area contributed by atoms with Crippen LogP contribution in [0.4, 0.5) is 18.9 Å². The number of anilines is 1. The van der Waals surface area contributed by atoms with E-state index < -0.39 is 12.1 Å². The van der Waals surface area contributed by atoms with E-state index in [1.165, 1.54) is 0 Å². The normalized spacial score (nSPS) is 15.7. The molecule has 28 heavy (non-hydrogen) atoms. The quantitative estimate of drug-likeness (QED) is 0.812. The number of carbonyl (C=O) groups excluding carboxylic acids is 1. The van der Waals surface area contributed by atoms with Crippen LogP contribution in [0, 0.1) is 0 Å². The van der Waals surface area contributed by atoms with Crippen molar-refractivity contribution in [3.63, 3.8) is 0 Å². The number of nitrogens with zero attached hydrogens (tertiary/aromatic N) is 3. The van der Waals surface area contributed by atoms with E-state index in [-0.39, 0.29) is 6.54 Å². The van der Waals surface area contributed by atoms with Crippen LogP contribution in [-0.4, -0.2) is 68.3 Å². The summed E-state index contributed by atoms with van der Waals surface area (Å²) in [7, 11) is 1.59. The maximum Gasteiger partial charge on any atom is 0.471 e. The highest BCUT2D eigenvalue weighted by Crippen LogP contribution is 2.35. The lowest BCUT2D eigenvalue weighted by Crippen LogP contribution is -2.49. The predicted molar refractivity (Wildman–Crippen MR) is 101 cm³/mol. The van der Waals surface area contributed by atoms with E-state index in [1.54, 1.807) is 13.3 Å². The zero-order valence-corrected chi connectivity index (χ0v) is 16.0. The van der Waals surface area contributed by atoms with Crippen LogP contribution in [0.3, 0.4) is 0 Å². The summed E-state index contributed by atoms with van der Waals surface area (Å²) in [4.78, 5) is 19.4. The van der Waals surface area contributed by atoms with Crippen LogP contribution < -0.4 is 15.0 Å². The summed E-state index contributed by atoms with van der Waals surface area (Å²) in [6.07, 6.45) is -3.23. The molecule has 1 saturated heterocycles. The third-order valence-electron chi connectivity index (χ3n) is 4.66. The van der Waals surface area contributed by atoms with Crippen molar-refractivity contribution in [2.45, 2.75) is 6.18 Å². The smallest absolute Gasteiger partial charge is 0.471 e. The van der Waals surface area contributed by atoms with Gasteiger partial charge in [-0.05, 0) is 18.2 Å². The Morgan fingerprint density at radius 3 is 2.64 bits per heavy atom. The average Bonchev–Trinajstić information content (AvgIpc) is 2.67. The summed E-state index contributed by atoms with van der Waals surface area (Å²) in [6, 6.07) is 5.59. The number of hydrogen-bond donors (Lipinski definition) is 1. The van der Waals surface area contributed by atoms with E-state index in [0.29, 0.717) is 43.5 Å². The molecule has 0 unspecified atom stereocenters. The van der Waals surface area contributed by atoms with Crippen molar-refractivity contribution < 1.29 is 22.7 Å². The molecule has 0 atom stereocenters. The molecule has 0 aliphatic carbocycles. The van der Waals surface area contributed by atoms with Gasteiger partial charge in [0.25, 0.3) is 0 Å². The molecule has 6 nitrogen and oxygen atoms in total. The Bertz CT molecular complexity index is 855. The van der Waals surface area contributed by atoms with Gasteiger partial charge in [0, 0.05) is 50.9 Å². The van der Waals surface area contributed by atoms with Gasteiger partial charge in [-0.2, -0.15) is 13.2 Å². The number of pyridine rings is 1. The Hall–Kier alpha value is -2.26. The number of piperazine rings is 1. The predicted octanol–water partition coefficient (Wildman–Crippen LogP) is 2.70. The van der Waals surface area contributed by atoms with E-state index >= 15 is 0 Å². The van der Waals surface area contributed by atoms with Crippen LogP contribution in [-0.2, 0) is 4.79 Å². The summed E-state index contributed by atoms with van der Waals surface area (Å²) >= 11 is 6.42. The van der Waals surface area contributed by atoms with Crippen molar-refractivity contribution in [3.05, 3.63) is 29.4 Å². The number of fused-ring (bicyclic) bond motifs is 1. The summed E-state index contributed by atoms with van der Waals surface area (Å²) in [5.41, 5.74) is 1.67. The van der Waals surface area contributed by atoms with Crippen molar-refractivity contribution >= 4 is 34.1 Å². The van der Waals surface area contributed by atoms with E-state index in [2.05, 4.69) is 9.88 Å². The summed E-state index contributed by atoms with van der Waals surface area (Å²) < 4.78 is 41.9. The maximum absolute atomic E-state index is 12.2. The molecule has 1 aliphatic heterocycles. The third-order valence-corrected chi connectivity index (χ3v) is 4.94. The molecule has 2 heterocycles. The molecule has 10 heteroatoms. The average molecular weight is 417 g/mol. The molecule has 0 saturated carbocycles. The number of nitrogens with one attached hydrogen (secondary N) is 1. The molecule has 3 rings (SSSR count). The lowest BCUT2D eigenvalue weighted by molar-refractivity contribution is -0.173. The SMILES string of the molecule is COc1ccc2ncc(Cl)c(N3CCN(CCNC(=O)C(F)(F)F)CC3)c2c1. The molecule has 1 aromatic heterocycles. The number of amides is 1. The van der Waals surface area contributed by atoms with Crippen LogP contribution in [0.1, 0.15) is 0 Å². The minimum absolute atomic E-state index is 0.0471. The van der Waals surface area contributed by atoms with E-state index in [4.69, 9.17) is 16.3 Å². The van der Waals surface area contributed by atoms with Gasteiger partial charge in [-0.1, -0.05) is 11.6 Å². The Labute approximate surface area is 165 Å². The first-order chi connectivity index (χ1) is 13.3. The van der Waals surface area contributed by atoms with Crippen LogP contribution in [0.2, 0.25) is 5.02 Å². The molecular weight excluding hydrogens is 397 g/mol. The lowest BCUT2D eigenvalue weighted by Gasteiger charge is -2.37. The number of ether oxygens (including phenoxy) is 1. The number of methoxy groups -OCH3 is 1. The summed E-state index contributed by atoms with van der Waals surface area (Å²) in [5, 5.41) is 3.32. The molecule has 1 aliphatic rings. The van der Waals surface area contributed by atoms with Gasteiger partial charge >= 0.3 is 12.1 Å². The van der Waals surface area contributed by atoms with Gasteiger partial charge in [-0.3, -0.25) is 14.7 Å². The number of hydrogen-bond acceptors (Lipinski definition) is 5. The minimum atomic E-state index is -4.85. The molecule has 0 spiro atoms. The number of aromatic nitrogens is 1. The van der Waals surface area contributed by atoms with Gasteiger partial charge in [0.2, 0.25) is 0 Å². The van der Waals surface area contributed by atoms with Gasteiger partial charge in [0.05, 0.1) is 23.3 Å². The number of carbonyl (C=O) groups is 1. The molecule has 1 fully saturated rings. The standard InChI is InChI=1S/C18H20ClF3N4O2/c1-28-12-2-3-15-13(10-12)16(14(19)11-24-15)26-8-6-25(7-9-26)5-4-23-17(27)18(20,21)22/h2-3,10-11H,4-9H2,1H3,(H,23,27). The zero-order chi connectivity index (χ0) is 20.3. The Morgan fingerprint density at radius 2 is 2.00 bits per heavy atom. The molecule has 1 amide bonds. The zero-order valence-electron chi connectivity index (χ0n) is 15.2. The summed E-state index contributed by atoms with van der Waals surface area (Å²) in [5.74, 6) is -1.20. The van der Waals surface area contributed by atoms with Crippen LogP contribution in [0.5, 0.6) is 5.75 Å². The van der Waals surface area contributed by atoms with E-state index in [1.807, 2.05) is 28.4 Å². The van der Waals surface area contributed by atoms with Crippen molar-refractivity contribution in [1.82, 2.24) is 15.2 Å². The number of benzene rings is 1. The highest BCUT2D eigenvalue weighted by Gasteiger charge is 2.38. The highest BCUT2D eigenvalue weighted by molar-refractivity contribution is 6.34. The Balaban J connectivity index is 1.64. The van der Waals surface area contributed by atoms with Crippen LogP contribution in [0.15, 0.2) is 24.4 Å². The van der Waals surface area contributed by atoms with Crippen molar-refractivity contribution in [2.75, 3.05) is 51.3 Å². The van der Waals surface area contributed by atoms with Gasteiger partial charge in [-0.15, -0.1) is 0 Å². The first-order valence-corrected chi connectivity index (χ1v) is 9.12. The first kappa shape index (κ1) is 20.5. The maximum atomic E-state index is 12.2. The van der Waals surface area contributed by atoms with Crippen LogP contribution >= 0.6 is 11.6 Å². The fourth-order valence-corrected chi connectivity index (χ4v) is 3.47. The Kier molecular flexibility index (Phi) is 6.14. The second kappa shape index (κ2) is 8.40. The number of alkyl halides is 3. The van der Waals surface area contributed by atoms with Crippen LogP contribution in [0.25, 0.3) is 10.9 Å². The number of halogens is 4. The van der Waals surface area contributed by atoms with Crippen molar-refractivity contribution in [1.29, 1.82) is 0 Å². The second-order valence-corrected chi connectivity index (χ2v) is 6.83. The van der Waals surface area contributed by atoms with Gasteiger partial charge in [-0.25, -0.2) is 0 Å². The van der Waals surface area contributed by atoms with E-state index in [0.717, 1.165) is 16.6 Å². The van der Waals surface area contributed by atoms with Crippen molar-refractivity contribution in [3.8, 4) is 5.75 Å². The van der Waals surface area contributed by atoms with Crippen molar-refractivity contribution in [2.24, 2.45) is 0 Å². The monoisotopic (exact) mass is 416 g/mol. The lowest BCUT2D eigenvalue weighted by atomic mass is 10.1. The second-order valence-electron chi connectivity index (χ2n) is 6.42. The molecule has 0 bridgehead atoms. The molecular formula is C18H20ClF3N4O2. The third kappa shape index (κ3) is 4.59. The fraction of sp³-hybridized carbons (Fsp3) is 0.444. The van der Waals surface area contributed by atoms with E-state index in [9.17, 15) is 18.0 Å². The molecule has 1 aromatic carbocycles. The highest BCUT2D eigenvalue weighted by atomic mass is 35.5. The Morgan fingerprint density at radius 1 is 1.29 bits per heavy atom. The molecule has 0 radical (unpaired) electrons. The molecule has 2 aromatic rings.